The number of hydrogen-bond donors (Lipinski definition) is 2. The van der Waals surface area contributed by atoms with Gasteiger partial charge in [-0.05, 0) is 51.5 Å². The molecule has 3 rings (SSSR count). The molecule has 2 N–H and O–H groups in total. The minimum atomic E-state index is -0.147. The van der Waals surface area contributed by atoms with E-state index in [2.05, 4.69) is 51.8 Å². The average molecular weight is 457 g/mol. The van der Waals surface area contributed by atoms with Crippen LogP contribution in [0.25, 0.3) is 0 Å². The van der Waals surface area contributed by atoms with E-state index in [4.69, 9.17) is 0 Å². The molecule has 1 atom stereocenters. The van der Waals surface area contributed by atoms with Crippen LogP contribution in [0.15, 0.2) is 30.3 Å². The van der Waals surface area contributed by atoms with Gasteiger partial charge in [-0.1, -0.05) is 49.4 Å². The highest BCUT2D eigenvalue weighted by atomic mass is 35.5. The fourth-order valence-electron chi connectivity index (χ4n) is 4.02. The van der Waals surface area contributed by atoms with Crippen molar-refractivity contribution in [3.8, 4) is 0 Å². The smallest absolute Gasteiger partial charge is 0.273 e. The number of hydrogen-bond acceptors (Lipinski definition) is 5. The van der Waals surface area contributed by atoms with E-state index in [1.54, 1.807) is 0 Å². The number of aromatic nitrogens is 3. The summed E-state index contributed by atoms with van der Waals surface area (Å²) in [6.07, 6.45) is 2.03. The topological polar surface area (TPSA) is 75.1 Å². The summed E-state index contributed by atoms with van der Waals surface area (Å²) in [5.74, 6) is -0.147. The van der Waals surface area contributed by atoms with Crippen LogP contribution < -0.4 is 10.6 Å². The third-order valence-corrected chi connectivity index (χ3v) is 5.69. The van der Waals surface area contributed by atoms with E-state index in [1.807, 2.05) is 29.8 Å². The lowest BCUT2D eigenvalue weighted by Gasteiger charge is -2.30. The second kappa shape index (κ2) is 12.9. The van der Waals surface area contributed by atoms with Crippen LogP contribution >= 0.6 is 24.8 Å². The fourth-order valence-corrected chi connectivity index (χ4v) is 4.02. The minimum absolute atomic E-state index is 0. The van der Waals surface area contributed by atoms with Crippen LogP contribution in [0.3, 0.4) is 0 Å². The molecule has 2 heterocycles. The first-order chi connectivity index (χ1) is 13.7. The van der Waals surface area contributed by atoms with Crippen LogP contribution in [0.4, 0.5) is 0 Å². The van der Waals surface area contributed by atoms with Crippen molar-refractivity contribution in [1.29, 1.82) is 0 Å². The Morgan fingerprint density at radius 1 is 1.20 bits per heavy atom. The number of rotatable bonds is 8. The first-order valence-corrected chi connectivity index (χ1v) is 10.3. The number of nitrogens with one attached hydrogen (secondary N) is 2. The zero-order valence-electron chi connectivity index (χ0n) is 18.0. The zero-order valence-corrected chi connectivity index (χ0v) is 19.6. The first-order valence-electron chi connectivity index (χ1n) is 10.3. The molecule has 7 nitrogen and oxygen atoms in total. The summed E-state index contributed by atoms with van der Waals surface area (Å²) in [4.78, 5) is 15.2. The zero-order chi connectivity index (χ0) is 19.9. The van der Waals surface area contributed by atoms with Crippen LogP contribution in [0, 0.1) is 6.92 Å². The standard InChI is InChI=1S/C21H32N6O.2ClH/c1-4-26(5-2)19(17-9-7-6-8-10-17)15-23-21(28)20-16(3)27(25-24-20)18-11-13-22-14-12-18;;/h6-10,18-19,22H,4-5,11-15H2,1-3H3,(H,23,28);2*1H. The summed E-state index contributed by atoms with van der Waals surface area (Å²) < 4.78 is 1.93. The number of piperidine rings is 1. The maximum Gasteiger partial charge on any atom is 0.273 e. The molecule has 1 aliphatic rings. The molecule has 0 radical (unpaired) electrons. The van der Waals surface area contributed by atoms with Gasteiger partial charge in [0.1, 0.15) is 0 Å². The van der Waals surface area contributed by atoms with Crippen molar-refractivity contribution in [2.24, 2.45) is 0 Å². The van der Waals surface area contributed by atoms with Crippen LogP contribution in [-0.2, 0) is 0 Å². The number of likely N-dealkylation sites (N-methyl/N-ethyl adjacent to an activating group) is 1. The molecule has 2 aromatic rings. The predicted octanol–water partition coefficient (Wildman–Crippen LogP) is 3.17. The van der Waals surface area contributed by atoms with Crippen molar-refractivity contribution in [2.75, 3.05) is 32.7 Å². The largest absolute Gasteiger partial charge is 0.349 e. The molecule has 0 saturated carbocycles. The van der Waals surface area contributed by atoms with E-state index in [-0.39, 0.29) is 36.8 Å². The Hall–Kier alpha value is -1.67. The number of nitrogens with zero attached hydrogens (tertiary/aromatic N) is 4. The van der Waals surface area contributed by atoms with E-state index in [0.717, 1.165) is 44.7 Å². The van der Waals surface area contributed by atoms with Crippen LogP contribution in [0.1, 0.15) is 60.5 Å². The second-order valence-corrected chi connectivity index (χ2v) is 7.31. The van der Waals surface area contributed by atoms with Gasteiger partial charge < -0.3 is 10.6 Å². The molecule has 9 heteroatoms. The maximum absolute atomic E-state index is 12.8. The molecular weight excluding hydrogens is 423 g/mol. The van der Waals surface area contributed by atoms with Gasteiger partial charge in [-0.25, -0.2) is 4.68 Å². The third kappa shape index (κ3) is 6.17. The number of amides is 1. The highest BCUT2D eigenvalue weighted by Gasteiger charge is 2.24. The van der Waals surface area contributed by atoms with Crippen LogP contribution in [0.5, 0.6) is 0 Å². The van der Waals surface area contributed by atoms with Gasteiger partial charge in [-0.3, -0.25) is 9.69 Å². The summed E-state index contributed by atoms with van der Waals surface area (Å²) in [6, 6.07) is 10.8. The van der Waals surface area contributed by atoms with Crippen LogP contribution in [-0.4, -0.2) is 58.5 Å². The Morgan fingerprint density at radius 3 is 2.43 bits per heavy atom. The van der Waals surface area contributed by atoms with E-state index >= 15 is 0 Å². The highest BCUT2D eigenvalue weighted by molar-refractivity contribution is 5.93. The molecule has 1 unspecified atom stereocenters. The molecule has 1 amide bonds. The molecule has 0 bridgehead atoms. The van der Waals surface area contributed by atoms with Gasteiger partial charge in [0.15, 0.2) is 5.69 Å². The Labute approximate surface area is 191 Å². The highest BCUT2D eigenvalue weighted by Crippen LogP contribution is 2.21. The molecule has 168 valence electrons. The van der Waals surface area contributed by atoms with Gasteiger partial charge >= 0.3 is 0 Å². The van der Waals surface area contributed by atoms with Crippen molar-refractivity contribution in [3.05, 3.63) is 47.3 Å². The Balaban J connectivity index is 0.00000225. The predicted molar refractivity (Wildman–Crippen MR) is 125 cm³/mol. The Bertz CT molecular complexity index is 760. The lowest BCUT2D eigenvalue weighted by molar-refractivity contribution is 0.0929. The van der Waals surface area contributed by atoms with Gasteiger partial charge in [0.25, 0.3) is 5.91 Å². The van der Waals surface area contributed by atoms with Crippen molar-refractivity contribution < 1.29 is 4.79 Å². The van der Waals surface area contributed by atoms with E-state index in [0.29, 0.717) is 18.3 Å². The van der Waals surface area contributed by atoms with Gasteiger partial charge in [-0.15, -0.1) is 29.9 Å². The molecular formula is C21H34Cl2N6O. The van der Waals surface area contributed by atoms with Gasteiger partial charge in [-0.2, -0.15) is 0 Å². The van der Waals surface area contributed by atoms with Crippen molar-refractivity contribution >= 4 is 30.7 Å². The molecule has 1 saturated heterocycles. The normalized spacial score (nSPS) is 15.2. The number of benzene rings is 1. The quantitative estimate of drug-likeness (QED) is 0.637. The lowest BCUT2D eigenvalue weighted by Crippen LogP contribution is -2.38. The minimum Gasteiger partial charge on any atom is -0.349 e. The van der Waals surface area contributed by atoms with Crippen molar-refractivity contribution in [2.45, 2.75) is 45.7 Å². The molecule has 1 aromatic heterocycles. The monoisotopic (exact) mass is 456 g/mol. The summed E-state index contributed by atoms with van der Waals surface area (Å²) in [5, 5.41) is 14.9. The van der Waals surface area contributed by atoms with E-state index < -0.39 is 0 Å². The molecule has 30 heavy (non-hydrogen) atoms. The second-order valence-electron chi connectivity index (χ2n) is 7.31. The van der Waals surface area contributed by atoms with E-state index in [9.17, 15) is 4.79 Å². The van der Waals surface area contributed by atoms with Gasteiger partial charge in [0.05, 0.1) is 17.8 Å². The Morgan fingerprint density at radius 2 is 1.83 bits per heavy atom. The molecule has 0 aliphatic carbocycles. The van der Waals surface area contributed by atoms with Crippen LogP contribution in [0.2, 0.25) is 0 Å². The molecule has 1 aliphatic heterocycles. The van der Waals surface area contributed by atoms with Gasteiger partial charge in [0.2, 0.25) is 0 Å². The Kier molecular flexibility index (Phi) is 11.3. The summed E-state index contributed by atoms with van der Waals surface area (Å²) in [6.45, 7) is 10.6. The number of carbonyl (C=O) groups excluding carboxylic acids is 1. The fraction of sp³-hybridized carbons (Fsp3) is 0.571. The van der Waals surface area contributed by atoms with Crippen molar-refractivity contribution in [3.63, 3.8) is 0 Å². The summed E-state index contributed by atoms with van der Waals surface area (Å²) in [7, 11) is 0. The van der Waals surface area contributed by atoms with Gasteiger partial charge in [0, 0.05) is 6.54 Å². The SMILES string of the molecule is CCN(CC)C(CNC(=O)c1nnn(C2CCNCC2)c1C)c1ccccc1.Cl.Cl. The lowest BCUT2D eigenvalue weighted by atomic mass is 10.0. The molecule has 1 fully saturated rings. The van der Waals surface area contributed by atoms with E-state index in [1.165, 1.54) is 5.56 Å². The number of halogens is 2. The summed E-state index contributed by atoms with van der Waals surface area (Å²) >= 11 is 0. The maximum atomic E-state index is 12.8. The molecule has 0 spiro atoms. The third-order valence-electron chi connectivity index (χ3n) is 5.69. The summed E-state index contributed by atoms with van der Waals surface area (Å²) in [5.41, 5.74) is 2.50. The molecule has 1 aromatic carbocycles. The van der Waals surface area contributed by atoms with Crippen molar-refractivity contribution in [1.82, 2.24) is 30.5 Å². The average Bonchev–Trinajstić information content (AvgIpc) is 3.13. The number of carbonyl (C=O) groups is 1. The first kappa shape index (κ1) is 26.4.